The van der Waals surface area contributed by atoms with Gasteiger partial charge in [0, 0.05) is 12.1 Å². The number of halogens is 1. The van der Waals surface area contributed by atoms with Gasteiger partial charge in [0.05, 0.1) is 34.0 Å². The van der Waals surface area contributed by atoms with E-state index in [0.717, 1.165) is 11.0 Å². The molecule has 154 valence electrons. The first-order chi connectivity index (χ1) is 14.5. The van der Waals surface area contributed by atoms with Crippen LogP contribution in [0.25, 0.3) is 21.8 Å². The number of hydrogen-bond donors (Lipinski definition) is 1. The highest BCUT2D eigenvalue weighted by Crippen LogP contribution is 2.28. The quantitative estimate of drug-likeness (QED) is 0.262. The number of fused-ring (bicyclic) bond motifs is 3. The van der Waals surface area contributed by atoms with Crippen LogP contribution in [0.4, 0.5) is 0 Å². The van der Waals surface area contributed by atoms with Crippen molar-refractivity contribution in [1.82, 2.24) is 4.90 Å². The maximum absolute atomic E-state index is 12.7. The van der Waals surface area contributed by atoms with E-state index in [-0.39, 0.29) is 40.9 Å². The van der Waals surface area contributed by atoms with Crippen LogP contribution in [0.1, 0.15) is 36.6 Å². The number of pyridine rings is 1. The molecule has 1 N–H and O–H groups in total. The Morgan fingerprint density at radius 1 is 0.871 bits per heavy atom. The number of amides is 2. The Morgan fingerprint density at radius 2 is 1.45 bits per heavy atom. The van der Waals surface area contributed by atoms with Gasteiger partial charge in [0.15, 0.2) is 0 Å². The molecule has 0 saturated heterocycles. The fraction of sp³-hybridized carbons (Fsp3) is 0.0833. The lowest BCUT2D eigenvalue weighted by Crippen LogP contribution is -3.00. The van der Waals surface area contributed by atoms with Crippen LogP contribution in [0.5, 0.6) is 0 Å². The lowest BCUT2D eigenvalue weighted by molar-refractivity contribution is -0.617. The van der Waals surface area contributed by atoms with E-state index >= 15 is 0 Å². The molecular formula is C24H17BrN2O4. The molecule has 6 nitrogen and oxygen atoms in total. The molecule has 2 amide bonds. The van der Waals surface area contributed by atoms with Crippen molar-refractivity contribution in [3.05, 3.63) is 89.0 Å². The van der Waals surface area contributed by atoms with Gasteiger partial charge in [-0.3, -0.25) is 14.5 Å². The molecule has 0 fully saturated rings. The molecule has 0 spiro atoms. The first-order valence-corrected chi connectivity index (χ1v) is 9.49. The average Bonchev–Trinajstić information content (AvgIpc) is 2.99. The second-order valence-electron chi connectivity index (χ2n) is 7.35. The summed E-state index contributed by atoms with van der Waals surface area (Å²) in [6.07, 6.45) is 0. The number of hydrogen-bond acceptors (Lipinski definition) is 3. The standard InChI is InChI=1S/C24H16N2O4.BrH/c1-25-19-9-5-4-8-17(19)21(24(29)30)18-12-14(10-11-20(18)25)13-26-22(27)15-6-2-3-7-16(15)23(26)28;/h2-12H,13H2,1H3;1H. The van der Waals surface area contributed by atoms with E-state index < -0.39 is 5.97 Å². The van der Waals surface area contributed by atoms with Crippen LogP contribution in [0, 0.1) is 0 Å². The highest BCUT2D eigenvalue weighted by atomic mass is 79.9. The fourth-order valence-corrected chi connectivity index (χ4v) is 4.22. The number of rotatable bonds is 3. The summed E-state index contributed by atoms with van der Waals surface area (Å²) in [4.78, 5) is 38.7. The summed E-state index contributed by atoms with van der Waals surface area (Å²) in [5, 5.41) is 11.1. The Balaban J connectivity index is 0.00000231. The second-order valence-corrected chi connectivity index (χ2v) is 7.35. The molecule has 1 aromatic heterocycles. The summed E-state index contributed by atoms with van der Waals surface area (Å²) >= 11 is 0. The van der Waals surface area contributed by atoms with E-state index in [0.29, 0.717) is 27.5 Å². The normalized spacial score (nSPS) is 12.9. The Morgan fingerprint density at radius 3 is 2.10 bits per heavy atom. The van der Waals surface area contributed by atoms with Crippen LogP contribution in [-0.2, 0) is 13.6 Å². The van der Waals surface area contributed by atoms with Crippen molar-refractivity contribution in [2.45, 2.75) is 6.54 Å². The van der Waals surface area contributed by atoms with Crippen molar-refractivity contribution < 1.29 is 41.0 Å². The first-order valence-electron chi connectivity index (χ1n) is 9.49. The van der Waals surface area contributed by atoms with Crippen molar-refractivity contribution in [3.8, 4) is 0 Å². The van der Waals surface area contributed by atoms with E-state index in [1.807, 2.05) is 41.9 Å². The number of carbonyl (C=O) groups excluding carboxylic acids is 2. The summed E-state index contributed by atoms with van der Waals surface area (Å²) < 4.78 is 1.95. The van der Waals surface area contributed by atoms with Gasteiger partial charge in [-0.2, -0.15) is 4.57 Å². The number of carboxylic acid groups (broad SMARTS) is 1. The van der Waals surface area contributed by atoms with Crippen molar-refractivity contribution in [1.29, 1.82) is 0 Å². The largest absolute Gasteiger partial charge is 1.00 e. The van der Waals surface area contributed by atoms with Gasteiger partial charge < -0.3 is 22.1 Å². The van der Waals surface area contributed by atoms with Crippen LogP contribution >= 0.6 is 0 Å². The summed E-state index contributed by atoms with van der Waals surface area (Å²) in [6.45, 7) is 0.0812. The number of aryl methyl sites for hydroxylation is 1. The van der Waals surface area contributed by atoms with E-state index in [1.54, 1.807) is 36.4 Å². The molecule has 7 heteroatoms. The summed E-state index contributed by atoms with van der Waals surface area (Å²) in [5.41, 5.74) is 3.27. The van der Waals surface area contributed by atoms with Crippen molar-refractivity contribution in [2.24, 2.45) is 7.05 Å². The third kappa shape index (κ3) is 3.09. The molecule has 3 aromatic carbocycles. The topological polar surface area (TPSA) is 78.6 Å². The molecule has 4 aromatic rings. The van der Waals surface area contributed by atoms with Gasteiger partial charge in [0.1, 0.15) is 7.05 Å². The number of aromatic nitrogens is 1. The molecule has 1 aliphatic heterocycles. The minimum Gasteiger partial charge on any atom is -1.00 e. The summed E-state index contributed by atoms with van der Waals surface area (Å²) in [6, 6.07) is 19.5. The highest BCUT2D eigenvalue weighted by molar-refractivity contribution is 6.21. The minimum absolute atomic E-state index is 0. The molecule has 0 unspecified atom stereocenters. The zero-order chi connectivity index (χ0) is 21.0. The molecule has 2 heterocycles. The van der Waals surface area contributed by atoms with Crippen molar-refractivity contribution in [2.75, 3.05) is 0 Å². The van der Waals surface area contributed by atoms with E-state index in [1.165, 1.54) is 4.90 Å². The van der Waals surface area contributed by atoms with Gasteiger partial charge in [0.2, 0.25) is 11.0 Å². The monoisotopic (exact) mass is 476 g/mol. The number of para-hydroxylation sites is 1. The van der Waals surface area contributed by atoms with Gasteiger partial charge in [-0.05, 0) is 29.8 Å². The second kappa shape index (κ2) is 7.59. The SMILES string of the molecule is C[n+]1c2ccccc2c(C(=O)O)c2cc(CN3C(=O)c4ccccc4C3=O)ccc21.[Br-]. The Bertz CT molecular complexity index is 1380. The van der Waals surface area contributed by atoms with Crippen LogP contribution in [0.2, 0.25) is 0 Å². The lowest BCUT2D eigenvalue weighted by Gasteiger charge is -2.15. The molecule has 0 bridgehead atoms. The Kier molecular flexibility index (Phi) is 5.07. The molecule has 1 aliphatic rings. The number of nitrogens with zero attached hydrogens (tertiary/aromatic N) is 2. The predicted octanol–water partition coefficient (Wildman–Crippen LogP) is 0.316. The zero-order valence-electron chi connectivity index (χ0n) is 16.5. The van der Waals surface area contributed by atoms with Crippen molar-refractivity contribution >= 4 is 39.6 Å². The Hall–Kier alpha value is -3.58. The highest BCUT2D eigenvalue weighted by Gasteiger charge is 2.35. The summed E-state index contributed by atoms with van der Waals surface area (Å²) in [5.74, 6) is -1.69. The zero-order valence-corrected chi connectivity index (χ0v) is 18.1. The molecule has 31 heavy (non-hydrogen) atoms. The summed E-state index contributed by atoms with van der Waals surface area (Å²) in [7, 11) is 1.89. The molecule has 0 aliphatic carbocycles. The van der Waals surface area contributed by atoms with Crippen LogP contribution in [0.15, 0.2) is 66.7 Å². The van der Waals surface area contributed by atoms with Crippen molar-refractivity contribution in [3.63, 3.8) is 0 Å². The molecule has 5 rings (SSSR count). The number of imide groups is 1. The van der Waals surface area contributed by atoms with Crippen LogP contribution in [0.3, 0.4) is 0 Å². The van der Waals surface area contributed by atoms with Gasteiger partial charge in [-0.15, -0.1) is 0 Å². The smallest absolute Gasteiger partial charge is 0.337 e. The predicted molar refractivity (Wildman–Crippen MR) is 110 cm³/mol. The lowest BCUT2D eigenvalue weighted by atomic mass is 10.00. The molecule has 0 radical (unpaired) electrons. The first kappa shape index (κ1) is 20.7. The van der Waals surface area contributed by atoms with Gasteiger partial charge in [-0.1, -0.05) is 30.3 Å². The third-order valence-electron chi connectivity index (χ3n) is 5.66. The van der Waals surface area contributed by atoms with Crippen LogP contribution < -0.4 is 21.5 Å². The number of benzene rings is 3. The van der Waals surface area contributed by atoms with E-state index in [2.05, 4.69) is 0 Å². The number of aromatic carboxylic acids is 1. The molecule has 0 atom stereocenters. The number of carbonyl (C=O) groups is 3. The molecule has 0 saturated carbocycles. The molecular weight excluding hydrogens is 460 g/mol. The maximum atomic E-state index is 12.7. The minimum atomic E-state index is -1.02. The van der Waals surface area contributed by atoms with Gasteiger partial charge in [0.25, 0.3) is 11.8 Å². The maximum Gasteiger partial charge on any atom is 0.337 e. The fourth-order valence-electron chi connectivity index (χ4n) is 4.22. The van der Waals surface area contributed by atoms with E-state index in [4.69, 9.17) is 0 Å². The number of carboxylic acids is 1. The van der Waals surface area contributed by atoms with Gasteiger partial charge in [-0.25, -0.2) is 4.79 Å². The average molecular weight is 477 g/mol. The van der Waals surface area contributed by atoms with Crippen LogP contribution in [-0.4, -0.2) is 27.8 Å². The van der Waals surface area contributed by atoms with Gasteiger partial charge >= 0.3 is 5.97 Å². The van der Waals surface area contributed by atoms with E-state index in [9.17, 15) is 19.5 Å². The Labute approximate surface area is 188 Å². The third-order valence-corrected chi connectivity index (χ3v) is 5.66.